The Bertz CT molecular complexity index is 463. The molecule has 0 aliphatic rings. The summed E-state index contributed by atoms with van der Waals surface area (Å²) in [5.41, 5.74) is -0.443. The largest absolute Gasteiger partial charge is 0.462 e. The Morgan fingerprint density at radius 3 is 2.21 bits per heavy atom. The zero-order valence-electron chi connectivity index (χ0n) is 15.6. The fourth-order valence-electron chi connectivity index (χ4n) is 1.41. The molecule has 0 rings (SSSR count). The first-order valence-electron chi connectivity index (χ1n) is 7.96. The Labute approximate surface area is 149 Å². The van der Waals surface area contributed by atoms with Crippen LogP contribution in [0.3, 0.4) is 0 Å². The molecule has 24 heavy (non-hydrogen) atoms. The van der Waals surface area contributed by atoms with Gasteiger partial charge in [0.15, 0.2) is 5.12 Å². The van der Waals surface area contributed by atoms with Crippen LogP contribution < -0.4 is 5.09 Å². The summed E-state index contributed by atoms with van der Waals surface area (Å²) >= 11 is 1.12. The van der Waals surface area contributed by atoms with E-state index in [2.05, 4.69) is 5.09 Å². The van der Waals surface area contributed by atoms with Gasteiger partial charge in [-0.25, -0.2) is 9.65 Å². The van der Waals surface area contributed by atoms with E-state index in [-0.39, 0.29) is 24.4 Å². The second-order valence-electron chi connectivity index (χ2n) is 6.47. The van der Waals surface area contributed by atoms with E-state index in [1.54, 1.807) is 20.8 Å². The molecule has 0 heterocycles. The molecule has 0 bridgehead atoms. The van der Waals surface area contributed by atoms with E-state index in [1.807, 2.05) is 20.8 Å². The number of carbonyl (C=O) groups is 2. The minimum absolute atomic E-state index is 0.0270. The van der Waals surface area contributed by atoms with Crippen LogP contribution in [0.5, 0.6) is 0 Å². The summed E-state index contributed by atoms with van der Waals surface area (Å²) < 4.78 is 28.1. The summed E-state index contributed by atoms with van der Waals surface area (Å²) in [7, 11) is -3.65. The molecule has 0 saturated heterocycles. The maximum absolute atomic E-state index is 12.6. The Kier molecular flexibility index (Phi) is 10.4. The first-order chi connectivity index (χ1) is 10.9. The zero-order valence-corrected chi connectivity index (χ0v) is 17.3. The first-order valence-corrected chi connectivity index (χ1v) is 10.5. The minimum atomic E-state index is -3.65. The molecule has 0 aliphatic heterocycles. The van der Waals surface area contributed by atoms with Crippen molar-refractivity contribution in [2.45, 2.75) is 60.6 Å². The second kappa shape index (κ2) is 10.6. The van der Waals surface area contributed by atoms with Gasteiger partial charge in [0.1, 0.15) is 6.04 Å². The predicted molar refractivity (Wildman–Crippen MR) is 95.9 cm³/mol. The average molecular weight is 383 g/mol. The van der Waals surface area contributed by atoms with Gasteiger partial charge in [0.05, 0.1) is 19.3 Å². The fourth-order valence-corrected chi connectivity index (χ4v) is 3.80. The highest BCUT2D eigenvalue weighted by Gasteiger charge is 2.30. The van der Waals surface area contributed by atoms with Gasteiger partial charge in [0.2, 0.25) is 0 Å². The summed E-state index contributed by atoms with van der Waals surface area (Å²) in [6.07, 6.45) is -0.269. The first kappa shape index (κ1) is 23.6. The Morgan fingerprint density at radius 1 is 1.17 bits per heavy atom. The normalized spacial score (nSPS) is 15.8. The molecule has 142 valence electrons. The van der Waals surface area contributed by atoms with Crippen molar-refractivity contribution in [3.63, 3.8) is 0 Å². The van der Waals surface area contributed by atoms with Crippen LogP contribution >= 0.6 is 19.5 Å². The maximum atomic E-state index is 12.6. The number of esters is 1. The minimum Gasteiger partial charge on any atom is -0.462 e. The summed E-state index contributed by atoms with van der Waals surface area (Å²) in [5, 5.41) is 2.59. The van der Waals surface area contributed by atoms with E-state index in [4.69, 9.17) is 13.8 Å². The van der Waals surface area contributed by atoms with Crippen LogP contribution in [-0.2, 0) is 27.9 Å². The summed E-state index contributed by atoms with van der Waals surface area (Å²) in [6, 6.07) is -0.839. The van der Waals surface area contributed by atoms with Gasteiger partial charge in [-0.2, -0.15) is 0 Å². The van der Waals surface area contributed by atoms with E-state index < -0.39 is 25.2 Å². The lowest BCUT2D eigenvalue weighted by molar-refractivity contribution is -0.149. The maximum Gasteiger partial charge on any atom is 0.406 e. The Hall–Kier alpha value is -0.400. The van der Waals surface area contributed by atoms with Gasteiger partial charge >= 0.3 is 13.7 Å². The smallest absolute Gasteiger partial charge is 0.406 e. The summed E-state index contributed by atoms with van der Waals surface area (Å²) in [4.78, 5) is 23.6. The molecule has 2 atom stereocenters. The molecule has 0 radical (unpaired) electrons. The van der Waals surface area contributed by atoms with Gasteiger partial charge in [-0.1, -0.05) is 32.5 Å². The quantitative estimate of drug-likeness (QED) is 0.349. The second-order valence-corrected chi connectivity index (χ2v) is 9.31. The number of hydrogen-bond donors (Lipinski definition) is 1. The lowest BCUT2D eigenvalue weighted by atomic mass is 10.00. The third-order valence-corrected chi connectivity index (χ3v) is 5.62. The van der Waals surface area contributed by atoms with Gasteiger partial charge in [-0.15, -0.1) is 0 Å². The molecule has 0 aromatic heterocycles. The van der Waals surface area contributed by atoms with Crippen molar-refractivity contribution in [2.24, 2.45) is 5.41 Å². The number of ether oxygens (including phenoxy) is 1. The predicted octanol–water partition coefficient (Wildman–Crippen LogP) is 3.38. The lowest BCUT2D eigenvalue weighted by Crippen LogP contribution is -2.35. The third kappa shape index (κ3) is 9.79. The van der Waals surface area contributed by atoms with E-state index in [0.29, 0.717) is 5.75 Å². The molecule has 9 heteroatoms. The average Bonchev–Trinajstić information content (AvgIpc) is 2.41. The van der Waals surface area contributed by atoms with Crippen LogP contribution in [0.1, 0.15) is 48.5 Å². The highest BCUT2D eigenvalue weighted by atomic mass is 32.2. The Balaban J connectivity index is 4.52. The molecule has 7 nitrogen and oxygen atoms in total. The highest BCUT2D eigenvalue weighted by Crippen LogP contribution is 2.44. The van der Waals surface area contributed by atoms with E-state index in [1.165, 1.54) is 6.92 Å². The number of rotatable bonds is 10. The third-order valence-electron chi connectivity index (χ3n) is 2.55. The van der Waals surface area contributed by atoms with Crippen LogP contribution in [-0.4, -0.2) is 42.2 Å². The van der Waals surface area contributed by atoms with Gasteiger partial charge in [-0.05, 0) is 27.7 Å². The van der Waals surface area contributed by atoms with E-state index in [9.17, 15) is 14.2 Å². The topological polar surface area (TPSA) is 90.9 Å². The fraction of sp³-hybridized carbons (Fsp3) is 0.867. The van der Waals surface area contributed by atoms with Crippen molar-refractivity contribution in [1.82, 2.24) is 5.09 Å². The van der Waals surface area contributed by atoms with Gasteiger partial charge in [0.25, 0.3) is 0 Å². The van der Waals surface area contributed by atoms with Crippen molar-refractivity contribution in [3.8, 4) is 0 Å². The van der Waals surface area contributed by atoms with Gasteiger partial charge in [-0.3, -0.25) is 18.6 Å². The van der Waals surface area contributed by atoms with Crippen molar-refractivity contribution in [1.29, 1.82) is 0 Å². The Morgan fingerprint density at radius 2 is 1.75 bits per heavy atom. The molecule has 0 aromatic rings. The van der Waals surface area contributed by atoms with E-state index >= 15 is 0 Å². The molecular weight excluding hydrogens is 353 g/mol. The monoisotopic (exact) mass is 383 g/mol. The molecule has 0 amide bonds. The number of carbonyl (C=O) groups excluding carboxylic acids is 2. The SMILES string of the molecule is CCOP(=O)(NC(C)C(=O)OC(C)C)OCCSC(=O)C(C)(C)C. The lowest BCUT2D eigenvalue weighted by Gasteiger charge is -2.22. The zero-order chi connectivity index (χ0) is 19.0. The van der Waals surface area contributed by atoms with Crippen LogP contribution in [0.4, 0.5) is 0 Å². The standard InChI is InChI=1S/C15H30NO6PS/c1-8-20-23(19,16-12(4)13(17)22-11(2)3)21-9-10-24-14(18)15(5,6)7/h11-12H,8-10H2,1-7H3,(H,16,19). The van der Waals surface area contributed by atoms with Crippen LogP contribution in [0.25, 0.3) is 0 Å². The van der Waals surface area contributed by atoms with Crippen molar-refractivity contribution in [3.05, 3.63) is 0 Å². The van der Waals surface area contributed by atoms with Crippen LogP contribution in [0, 0.1) is 5.41 Å². The number of nitrogens with one attached hydrogen (secondary N) is 1. The van der Waals surface area contributed by atoms with Crippen molar-refractivity contribution in [2.75, 3.05) is 19.0 Å². The van der Waals surface area contributed by atoms with Gasteiger partial charge in [0, 0.05) is 11.2 Å². The van der Waals surface area contributed by atoms with Crippen LogP contribution in [0.2, 0.25) is 0 Å². The molecule has 1 N–H and O–H groups in total. The molecule has 0 aliphatic carbocycles. The molecule has 0 aromatic carbocycles. The van der Waals surface area contributed by atoms with Crippen LogP contribution in [0.15, 0.2) is 0 Å². The molecule has 0 fully saturated rings. The highest BCUT2D eigenvalue weighted by molar-refractivity contribution is 8.13. The summed E-state index contributed by atoms with van der Waals surface area (Å²) in [6.45, 7) is 12.4. The van der Waals surface area contributed by atoms with Gasteiger partial charge < -0.3 is 4.74 Å². The molecule has 2 unspecified atom stereocenters. The molecular formula is C15H30NO6PS. The van der Waals surface area contributed by atoms with Crippen molar-refractivity contribution < 1.29 is 27.9 Å². The number of hydrogen-bond acceptors (Lipinski definition) is 7. The van der Waals surface area contributed by atoms with E-state index in [0.717, 1.165) is 11.8 Å². The summed E-state index contributed by atoms with van der Waals surface area (Å²) in [5.74, 6) is -0.189. The molecule has 0 spiro atoms. The van der Waals surface area contributed by atoms with Crippen molar-refractivity contribution >= 4 is 30.6 Å². The number of thioether (sulfide) groups is 1. The molecule has 0 saturated carbocycles.